The summed E-state index contributed by atoms with van der Waals surface area (Å²) in [7, 11) is 0. The number of rotatable bonds is 2. The monoisotopic (exact) mass is 324 g/mol. The zero-order chi connectivity index (χ0) is 17.4. The first-order valence-corrected chi connectivity index (χ1v) is 6.71. The third-order valence-electron chi connectivity index (χ3n) is 2.77. The van der Waals surface area contributed by atoms with Gasteiger partial charge in [-0.15, -0.1) is 0 Å². The lowest BCUT2D eigenvalue weighted by Crippen LogP contribution is -2.41. The molecule has 124 valence electrons. The number of hydrogen-bond acceptors (Lipinski definition) is 8. The van der Waals surface area contributed by atoms with E-state index >= 15 is 0 Å². The molecule has 0 aliphatic carbocycles. The molecule has 0 atom stereocenters. The van der Waals surface area contributed by atoms with Crippen molar-refractivity contribution in [3.8, 4) is 0 Å². The van der Waals surface area contributed by atoms with Crippen LogP contribution < -0.4 is 0 Å². The Morgan fingerprint density at radius 2 is 1.30 bits per heavy atom. The number of aliphatic hydroxyl groups is 1. The maximum Gasteiger partial charge on any atom is 0.348 e. The first kappa shape index (κ1) is 16.6. The molecule has 1 saturated heterocycles. The fourth-order valence-corrected chi connectivity index (χ4v) is 1.85. The van der Waals surface area contributed by atoms with Crippen LogP contribution in [0.3, 0.4) is 0 Å². The van der Waals surface area contributed by atoms with Gasteiger partial charge in [-0.3, -0.25) is 0 Å². The van der Waals surface area contributed by atoms with Gasteiger partial charge in [-0.1, -0.05) is 6.08 Å². The number of carbonyl (C=O) groups is 3. The van der Waals surface area contributed by atoms with E-state index in [0.717, 1.165) is 12.2 Å². The molecule has 1 fully saturated rings. The van der Waals surface area contributed by atoms with Gasteiger partial charge in [-0.05, 0) is 12.2 Å². The predicted molar refractivity (Wildman–Crippen MR) is 74.4 cm³/mol. The number of carbonyl (C=O) groups excluding carboxylic acids is 3. The minimum absolute atomic E-state index is 0.251. The van der Waals surface area contributed by atoms with Crippen molar-refractivity contribution in [2.45, 2.75) is 39.3 Å². The number of ether oxygens (including phenoxy) is 4. The summed E-state index contributed by atoms with van der Waals surface area (Å²) in [5, 5.41) is 9.69. The van der Waals surface area contributed by atoms with Gasteiger partial charge in [0.25, 0.3) is 17.5 Å². The Morgan fingerprint density at radius 3 is 1.83 bits per heavy atom. The van der Waals surface area contributed by atoms with Crippen LogP contribution in [0.25, 0.3) is 0 Å². The molecule has 0 amide bonds. The van der Waals surface area contributed by atoms with Gasteiger partial charge in [0.05, 0.1) is 0 Å². The third-order valence-corrected chi connectivity index (χ3v) is 2.77. The Hall–Kier alpha value is -2.77. The maximum atomic E-state index is 11.7. The predicted octanol–water partition coefficient (Wildman–Crippen LogP) is 1.38. The summed E-state index contributed by atoms with van der Waals surface area (Å²) in [5.41, 5.74) is -0.592. The van der Waals surface area contributed by atoms with Crippen molar-refractivity contribution >= 4 is 17.9 Å². The summed E-state index contributed by atoms with van der Waals surface area (Å²) >= 11 is 0. The van der Waals surface area contributed by atoms with Crippen LogP contribution in [0.15, 0.2) is 35.3 Å². The van der Waals surface area contributed by atoms with Crippen LogP contribution in [0.4, 0.5) is 0 Å². The van der Waals surface area contributed by atoms with E-state index in [1.165, 1.54) is 33.8 Å². The molecule has 0 unspecified atom stereocenters. The quantitative estimate of drug-likeness (QED) is 0.461. The van der Waals surface area contributed by atoms with Crippen molar-refractivity contribution in [2.75, 3.05) is 0 Å². The minimum Gasteiger partial charge on any atom is -0.480 e. The van der Waals surface area contributed by atoms with Gasteiger partial charge in [-0.2, -0.15) is 0 Å². The van der Waals surface area contributed by atoms with Crippen LogP contribution >= 0.6 is 0 Å². The average molecular weight is 324 g/mol. The van der Waals surface area contributed by atoms with Crippen LogP contribution in [-0.2, 0) is 33.3 Å². The lowest BCUT2D eigenvalue weighted by atomic mass is 10.1. The van der Waals surface area contributed by atoms with E-state index in [2.05, 4.69) is 0 Å². The van der Waals surface area contributed by atoms with Gasteiger partial charge in [-0.25, -0.2) is 14.4 Å². The summed E-state index contributed by atoms with van der Waals surface area (Å²) in [4.78, 5) is 35.2. The molecule has 2 heterocycles. The van der Waals surface area contributed by atoms with E-state index in [9.17, 15) is 19.5 Å². The van der Waals surface area contributed by atoms with E-state index in [1.807, 2.05) is 0 Å². The number of aliphatic hydroxyl groups excluding tert-OH is 1. The highest BCUT2D eigenvalue weighted by Gasteiger charge is 2.39. The first-order valence-electron chi connectivity index (χ1n) is 6.71. The number of esters is 3. The highest BCUT2D eigenvalue weighted by Crippen LogP contribution is 2.26. The van der Waals surface area contributed by atoms with Crippen molar-refractivity contribution in [2.24, 2.45) is 0 Å². The Morgan fingerprint density at radius 1 is 0.826 bits per heavy atom. The molecule has 8 nitrogen and oxygen atoms in total. The lowest BCUT2D eigenvalue weighted by molar-refractivity contribution is -0.223. The van der Waals surface area contributed by atoms with Crippen molar-refractivity contribution in [3.05, 3.63) is 35.3 Å². The van der Waals surface area contributed by atoms with Crippen molar-refractivity contribution in [3.63, 3.8) is 0 Å². The molecule has 2 aliphatic rings. The molecule has 0 aromatic heterocycles. The lowest BCUT2D eigenvalue weighted by Gasteiger charge is -2.30. The highest BCUT2D eigenvalue weighted by molar-refractivity contribution is 6.15. The van der Waals surface area contributed by atoms with Gasteiger partial charge in [0, 0.05) is 27.7 Å². The third kappa shape index (κ3) is 3.71. The zero-order valence-electron chi connectivity index (χ0n) is 13.0. The summed E-state index contributed by atoms with van der Waals surface area (Å²) in [6, 6.07) is 0. The van der Waals surface area contributed by atoms with E-state index < -0.39 is 35.4 Å². The minimum atomic E-state index is -1.33. The summed E-state index contributed by atoms with van der Waals surface area (Å²) in [5.74, 6) is -5.73. The standard InChI is InChI=1S/C15H16O8/c1-14(2)20-10(16)8(11(17)21-14)6-5-7-9-12(18)22-15(3,4)23-13(9)19/h5-7,16H,1-4H3. The van der Waals surface area contributed by atoms with Crippen LogP contribution in [0.2, 0.25) is 0 Å². The van der Waals surface area contributed by atoms with E-state index in [0.29, 0.717) is 0 Å². The highest BCUT2D eigenvalue weighted by atomic mass is 16.8. The Labute approximate surface area is 132 Å². The average Bonchev–Trinajstić information content (AvgIpc) is 2.32. The maximum absolute atomic E-state index is 11.7. The molecule has 1 N–H and O–H groups in total. The van der Waals surface area contributed by atoms with Gasteiger partial charge in [0.2, 0.25) is 0 Å². The van der Waals surface area contributed by atoms with Crippen molar-refractivity contribution < 1.29 is 38.4 Å². The number of cyclic esters (lactones) is 3. The number of allylic oxidation sites excluding steroid dienone is 2. The largest absolute Gasteiger partial charge is 0.480 e. The molecule has 23 heavy (non-hydrogen) atoms. The Kier molecular flexibility index (Phi) is 3.94. The van der Waals surface area contributed by atoms with Gasteiger partial charge in [0.15, 0.2) is 0 Å². The summed E-state index contributed by atoms with van der Waals surface area (Å²) < 4.78 is 19.8. The first-order chi connectivity index (χ1) is 10.5. The van der Waals surface area contributed by atoms with Crippen LogP contribution in [-0.4, -0.2) is 34.6 Å². The molecule has 0 bridgehead atoms. The molecule has 0 aromatic rings. The molecule has 0 radical (unpaired) electrons. The summed E-state index contributed by atoms with van der Waals surface area (Å²) in [6.45, 7) is 5.77. The fraction of sp³-hybridized carbons (Fsp3) is 0.400. The molecule has 0 saturated carbocycles. The molecule has 0 spiro atoms. The molecular formula is C15H16O8. The van der Waals surface area contributed by atoms with Gasteiger partial charge >= 0.3 is 17.9 Å². The molecular weight excluding hydrogens is 308 g/mol. The normalized spacial score (nSPS) is 23.1. The Balaban J connectivity index is 2.20. The molecule has 2 aliphatic heterocycles. The van der Waals surface area contributed by atoms with Crippen LogP contribution in [0.5, 0.6) is 0 Å². The van der Waals surface area contributed by atoms with E-state index in [4.69, 9.17) is 18.9 Å². The van der Waals surface area contributed by atoms with Crippen molar-refractivity contribution in [1.82, 2.24) is 0 Å². The van der Waals surface area contributed by atoms with Gasteiger partial charge in [0.1, 0.15) is 11.1 Å². The topological polar surface area (TPSA) is 108 Å². The second-order valence-corrected chi connectivity index (χ2v) is 5.73. The SMILES string of the molecule is CC1(C)OC(=O)C(=CC=CC2=C(O)OC(C)(C)OC2=O)C(=O)O1. The number of hydrogen-bond donors (Lipinski definition) is 1. The molecule has 8 heteroatoms. The van der Waals surface area contributed by atoms with Crippen molar-refractivity contribution in [1.29, 1.82) is 0 Å². The second-order valence-electron chi connectivity index (χ2n) is 5.73. The van der Waals surface area contributed by atoms with Gasteiger partial charge < -0.3 is 24.1 Å². The second kappa shape index (κ2) is 5.45. The van der Waals surface area contributed by atoms with E-state index in [1.54, 1.807) is 0 Å². The summed E-state index contributed by atoms with van der Waals surface area (Å²) in [6.07, 6.45) is 3.44. The Bertz CT molecular complexity index is 641. The smallest absolute Gasteiger partial charge is 0.348 e. The van der Waals surface area contributed by atoms with Crippen LogP contribution in [0.1, 0.15) is 27.7 Å². The zero-order valence-corrected chi connectivity index (χ0v) is 13.0. The fourth-order valence-electron chi connectivity index (χ4n) is 1.85. The molecule has 0 aromatic carbocycles. The van der Waals surface area contributed by atoms with Crippen LogP contribution in [0, 0.1) is 0 Å². The molecule has 2 rings (SSSR count). The van der Waals surface area contributed by atoms with E-state index in [-0.39, 0.29) is 11.1 Å².